The second-order valence-corrected chi connectivity index (χ2v) is 14.3. The van der Waals surface area contributed by atoms with Crippen LogP contribution in [0.3, 0.4) is 0 Å². The van der Waals surface area contributed by atoms with Gasteiger partial charge in [-0.3, -0.25) is 10.2 Å². The molecule has 1 heterocycles. The molecule has 1 aliphatic heterocycles. The summed E-state index contributed by atoms with van der Waals surface area (Å²) in [7, 11) is 0.191. The number of aliphatic hydroxyl groups excluding tert-OH is 1. The van der Waals surface area contributed by atoms with Gasteiger partial charge in [0.15, 0.2) is 21.5 Å². The average Bonchev–Trinajstić information content (AvgIpc) is 3.53. The highest BCUT2D eigenvalue weighted by atomic mass is 32.2. The first kappa shape index (κ1) is 35.7. The Morgan fingerprint density at radius 3 is 2.16 bits per heavy atom. The van der Waals surface area contributed by atoms with Crippen LogP contribution in [0.15, 0.2) is 119 Å². The maximum atomic E-state index is 14.4. The number of nitrogens with one attached hydrogen (secondary N) is 2. The van der Waals surface area contributed by atoms with Gasteiger partial charge in [-0.1, -0.05) is 72.8 Å². The lowest BCUT2D eigenvalue weighted by Gasteiger charge is -2.30. The molecule has 1 aliphatic rings. The Balaban J connectivity index is 1.52. The molecular formula is C38H44N4O6S. The number of sulfone groups is 1. The van der Waals surface area contributed by atoms with Crippen LogP contribution in [0.4, 0.5) is 0 Å². The summed E-state index contributed by atoms with van der Waals surface area (Å²) in [5.41, 5.74) is 7.55. The maximum absolute atomic E-state index is 14.4. The molecule has 0 radical (unpaired) electrons. The molecular weight excluding hydrogens is 641 g/mol. The van der Waals surface area contributed by atoms with E-state index in [9.17, 15) is 13.2 Å². The molecule has 0 bridgehead atoms. The number of hydrogen-bond donors (Lipinski definition) is 3. The van der Waals surface area contributed by atoms with Gasteiger partial charge in [0.1, 0.15) is 5.75 Å². The summed E-state index contributed by atoms with van der Waals surface area (Å²) in [4.78, 5) is 21.5. The molecule has 4 aromatic rings. The van der Waals surface area contributed by atoms with Gasteiger partial charge in [0.2, 0.25) is 5.90 Å². The fourth-order valence-electron chi connectivity index (χ4n) is 5.62. The highest BCUT2D eigenvalue weighted by Crippen LogP contribution is 2.43. The summed E-state index contributed by atoms with van der Waals surface area (Å²) in [5.74, 6) is 0.0147. The van der Waals surface area contributed by atoms with Crippen molar-refractivity contribution in [1.29, 1.82) is 0 Å². The molecule has 49 heavy (non-hydrogen) atoms. The van der Waals surface area contributed by atoms with E-state index in [1.807, 2.05) is 68.7 Å². The number of ether oxygens (including phenoxy) is 2. The number of benzene rings is 4. The molecule has 0 fully saturated rings. The van der Waals surface area contributed by atoms with E-state index in [0.29, 0.717) is 36.4 Å². The number of carbonyl (C=O) groups excluding carboxylic acids is 1. The van der Waals surface area contributed by atoms with Crippen molar-refractivity contribution in [2.45, 2.75) is 35.8 Å². The van der Waals surface area contributed by atoms with Gasteiger partial charge in [0.05, 0.1) is 17.3 Å². The zero-order chi connectivity index (χ0) is 34.7. The largest absolute Gasteiger partial charge is 0.494 e. The van der Waals surface area contributed by atoms with Crippen LogP contribution in [-0.2, 0) is 19.4 Å². The van der Waals surface area contributed by atoms with Crippen LogP contribution < -0.4 is 15.6 Å². The van der Waals surface area contributed by atoms with Crippen LogP contribution in [0.1, 0.15) is 36.5 Å². The minimum atomic E-state index is -3.77. The summed E-state index contributed by atoms with van der Waals surface area (Å²) in [6.45, 7) is 1.74. The van der Waals surface area contributed by atoms with Crippen LogP contribution in [0.5, 0.6) is 5.75 Å². The van der Waals surface area contributed by atoms with Crippen molar-refractivity contribution in [3.8, 4) is 16.9 Å². The molecule has 0 unspecified atom stereocenters. The van der Waals surface area contributed by atoms with Gasteiger partial charge in [-0.15, -0.1) is 0 Å². The second kappa shape index (κ2) is 16.7. The van der Waals surface area contributed by atoms with E-state index in [-0.39, 0.29) is 29.6 Å². The van der Waals surface area contributed by atoms with Crippen molar-refractivity contribution in [2.24, 2.45) is 4.99 Å². The van der Waals surface area contributed by atoms with E-state index in [4.69, 9.17) is 19.6 Å². The molecule has 5 rings (SSSR count). The third-order valence-corrected chi connectivity index (χ3v) is 10.0. The van der Waals surface area contributed by atoms with Gasteiger partial charge in [-0.05, 0) is 80.1 Å². The topological polar surface area (TPSA) is 130 Å². The van der Waals surface area contributed by atoms with Gasteiger partial charge in [-0.25, -0.2) is 18.8 Å². The Hall–Kier alpha value is -4.55. The quantitative estimate of drug-likeness (QED) is 0.107. The molecule has 0 aliphatic carbocycles. The Labute approximate surface area is 288 Å². The van der Waals surface area contributed by atoms with Gasteiger partial charge in [0.25, 0.3) is 5.91 Å². The summed E-state index contributed by atoms with van der Waals surface area (Å²) < 4.78 is 39.4. The van der Waals surface area contributed by atoms with E-state index in [2.05, 4.69) is 15.8 Å². The molecule has 0 spiro atoms. The van der Waals surface area contributed by atoms with Crippen LogP contribution in [0, 0.1) is 0 Å². The first-order valence-electron chi connectivity index (χ1n) is 16.4. The third kappa shape index (κ3) is 9.12. The minimum absolute atomic E-state index is 0.0328. The van der Waals surface area contributed by atoms with Crippen molar-refractivity contribution in [1.82, 2.24) is 15.8 Å². The summed E-state index contributed by atoms with van der Waals surface area (Å²) in [5, 5.41) is 9.09. The SMILES string of the molecule is CN(C)CCCNNC(=O)[C@@]1(CCS(=O)(=O)c2ccccc2)N=C(c2ccc(OCCCO)cc2)O[C@H]1c1ccc(-c2ccccc2)cc1. The highest BCUT2D eigenvalue weighted by Gasteiger charge is 2.53. The number of aliphatic hydroxyl groups is 1. The van der Waals surface area contributed by atoms with E-state index in [1.165, 1.54) is 0 Å². The Bertz CT molecular complexity index is 1780. The van der Waals surface area contributed by atoms with Crippen molar-refractivity contribution < 1.29 is 27.8 Å². The first-order chi connectivity index (χ1) is 23.7. The molecule has 258 valence electrons. The lowest BCUT2D eigenvalue weighted by molar-refractivity contribution is -0.130. The number of hydrazine groups is 1. The Kier molecular flexibility index (Phi) is 12.2. The third-order valence-electron chi connectivity index (χ3n) is 8.31. The maximum Gasteiger partial charge on any atom is 0.266 e. The Morgan fingerprint density at radius 2 is 1.51 bits per heavy atom. The monoisotopic (exact) mass is 684 g/mol. The van der Waals surface area contributed by atoms with Crippen molar-refractivity contribution in [3.05, 3.63) is 120 Å². The number of nitrogens with zero attached hydrogens (tertiary/aromatic N) is 2. The van der Waals surface area contributed by atoms with E-state index < -0.39 is 27.4 Å². The molecule has 0 aromatic heterocycles. The zero-order valence-electron chi connectivity index (χ0n) is 27.9. The predicted octanol–water partition coefficient (Wildman–Crippen LogP) is 4.81. The first-order valence-corrected chi connectivity index (χ1v) is 18.1. The molecule has 10 nitrogen and oxygen atoms in total. The van der Waals surface area contributed by atoms with Crippen LogP contribution >= 0.6 is 0 Å². The normalized spacial score (nSPS) is 17.4. The lowest BCUT2D eigenvalue weighted by Crippen LogP contribution is -2.53. The van der Waals surface area contributed by atoms with E-state index >= 15 is 0 Å². The van der Waals surface area contributed by atoms with Crippen LogP contribution in [0.25, 0.3) is 11.1 Å². The molecule has 0 saturated carbocycles. The molecule has 3 N–H and O–H groups in total. The van der Waals surface area contributed by atoms with E-state index in [0.717, 1.165) is 24.1 Å². The smallest absolute Gasteiger partial charge is 0.266 e. The molecule has 2 atom stereocenters. The van der Waals surface area contributed by atoms with Gasteiger partial charge >= 0.3 is 0 Å². The number of aliphatic imine (C=N–C) groups is 1. The number of hydrogen-bond acceptors (Lipinski definition) is 9. The van der Waals surface area contributed by atoms with Gasteiger partial charge in [-0.2, -0.15) is 0 Å². The standard InChI is InChI=1S/C38H44N4O6S/c1-42(2)25-9-24-39-41-37(44)38(23-28-49(45,46)34-13-7-4-8-14-34)35(31-17-15-30(16-18-31)29-11-5-3-6-12-29)48-36(40-38)32-19-21-33(22-20-32)47-27-10-26-43/h3-8,11-22,35,39,43H,9-10,23-28H2,1-2H3,(H,41,44)/t35-,38-/m0/s1. The lowest BCUT2D eigenvalue weighted by atomic mass is 9.84. The van der Waals surface area contributed by atoms with Gasteiger partial charge < -0.3 is 19.5 Å². The Morgan fingerprint density at radius 1 is 0.878 bits per heavy atom. The molecule has 11 heteroatoms. The fourth-order valence-corrected chi connectivity index (χ4v) is 7.01. The fraction of sp³-hybridized carbons (Fsp3) is 0.316. The van der Waals surface area contributed by atoms with Crippen LogP contribution in [-0.4, -0.2) is 81.9 Å². The number of amides is 1. The predicted molar refractivity (Wildman–Crippen MR) is 191 cm³/mol. The van der Waals surface area contributed by atoms with Crippen LogP contribution in [0.2, 0.25) is 0 Å². The summed E-state index contributed by atoms with van der Waals surface area (Å²) >= 11 is 0. The minimum Gasteiger partial charge on any atom is -0.494 e. The molecule has 0 saturated heterocycles. The second-order valence-electron chi connectivity index (χ2n) is 12.2. The van der Waals surface area contributed by atoms with Crippen molar-refractivity contribution in [2.75, 3.05) is 46.2 Å². The summed E-state index contributed by atoms with van der Waals surface area (Å²) in [6.07, 6.45) is 0.231. The van der Waals surface area contributed by atoms with Crippen molar-refractivity contribution in [3.63, 3.8) is 0 Å². The van der Waals surface area contributed by atoms with E-state index in [1.54, 1.807) is 54.6 Å². The number of rotatable bonds is 17. The molecule has 4 aromatic carbocycles. The number of carbonyl (C=O) groups is 1. The summed E-state index contributed by atoms with van der Waals surface area (Å²) in [6, 6.07) is 33.0. The van der Waals surface area contributed by atoms with Crippen molar-refractivity contribution >= 4 is 21.6 Å². The zero-order valence-corrected chi connectivity index (χ0v) is 28.7. The molecule has 1 amide bonds. The van der Waals surface area contributed by atoms with Gasteiger partial charge in [0, 0.05) is 31.6 Å². The highest BCUT2D eigenvalue weighted by molar-refractivity contribution is 7.91. The average molecular weight is 685 g/mol.